The minimum atomic E-state index is -4.45. The molecule has 1 saturated heterocycles. The van der Waals surface area contributed by atoms with E-state index < -0.39 is 11.7 Å². The molecule has 1 aliphatic heterocycles. The van der Waals surface area contributed by atoms with E-state index in [4.69, 9.17) is 4.74 Å². The standard InChI is InChI=1S/C18H18FN3O.C8H5F3O/c19-16-4-6-17(7-5-16)23-13-1-2-15-3-8-18(21-14-15)22-11-9-20-10-12-22;9-8(10,11)7-4-2-1-3-6(7)5-12/h3-8,14,20H,9-13H2;1-5H. The molecule has 182 valence electrons. The average Bonchev–Trinajstić information content (AvgIpc) is 2.88. The molecule has 0 amide bonds. The topological polar surface area (TPSA) is 54.5 Å². The second-order valence-corrected chi connectivity index (χ2v) is 7.39. The zero-order valence-corrected chi connectivity index (χ0v) is 18.7. The fraction of sp³-hybridized carbons (Fsp3) is 0.231. The van der Waals surface area contributed by atoms with Crippen LogP contribution in [0.15, 0.2) is 66.9 Å². The zero-order chi connectivity index (χ0) is 25.1. The van der Waals surface area contributed by atoms with Gasteiger partial charge in [-0.2, -0.15) is 13.2 Å². The number of anilines is 1. The van der Waals surface area contributed by atoms with Crippen molar-refractivity contribution in [3.63, 3.8) is 0 Å². The molecule has 4 rings (SSSR count). The van der Waals surface area contributed by atoms with Crippen LogP contribution in [0.4, 0.5) is 23.4 Å². The second-order valence-electron chi connectivity index (χ2n) is 7.39. The number of nitrogens with zero attached hydrogens (tertiary/aromatic N) is 2. The quantitative estimate of drug-likeness (QED) is 0.333. The molecule has 0 atom stereocenters. The SMILES string of the molecule is Fc1ccc(OCC#Cc2ccc(N3CCNCC3)nc2)cc1.O=Cc1ccccc1C(F)(F)F. The number of aromatic nitrogens is 1. The highest BCUT2D eigenvalue weighted by atomic mass is 19.4. The average molecular weight is 485 g/mol. The number of aldehydes is 1. The number of ether oxygens (including phenoxy) is 1. The highest BCUT2D eigenvalue weighted by molar-refractivity contribution is 5.77. The number of halogens is 4. The summed E-state index contributed by atoms with van der Waals surface area (Å²) in [6.45, 7) is 4.19. The number of alkyl halides is 3. The van der Waals surface area contributed by atoms with Gasteiger partial charge in [-0.1, -0.05) is 30.0 Å². The summed E-state index contributed by atoms with van der Waals surface area (Å²) in [5.74, 6) is 7.26. The van der Waals surface area contributed by atoms with E-state index in [9.17, 15) is 22.4 Å². The normalized spacial score (nSPS) is 13.1. The van der Waals surface area contributed by atoms with Gasteiger partial charge in [0.15, 0.2) is 6.29 Å². The summed E-state index contributed by atoms with van der Waals surface area (Å²) in [4.78, 5) is 16.9. The van der Waals surface area contributed by atoms with E-state index in [1.54, 1.807) is 18.3 Å². The molecule has 0 bridgehead atoms. The molecule has 1 aromatic heterocycles. The Kier molecular flexibility index (Phi) is 9.21. The van der Waals surface area contributed by atoms with E-state index in [-0.39, 0.29) is 24.3 Å². The molecule has 1 N–H and O–H groups in total. The van der Waals surface area contributed by atoms with E-state index in [2.05, 4.69) is 27.0 Å². The predicted octanol–water partition coefficient (Wildman–Crippen LogP) is 4.58. The lowest BCUT2D eigenvalue weighted by Crippen LogP contribution is -2.43. The molecule has 1 aliphatic rings. The maximum atomic E-state index is 12.8. The van der Waals surface area contributed by atoms with E-state index in [0.717, 1.165) is 49.7 Å². The largest absolute Gasteiger partial charge is 0.481 e. The van der Waals surface area contributed by atoms with Gasteiger partial charge in [0.1, 0.15) is 24.0 Å². The second kappa shape index (κ2) is 12.5. The Hall–Kier alpha value is -3.90. The summed E-state index contributed by atoms with van der Waals surface area (Å²) in [7, 11) is 0. The minimum absolute atomic E-state index is 0.197. The molecule has 0 radical (unpaired) electrons. The molecule has 0 saturated carbocycles. The summed E-state index contributed by atoms with van der Waals surface area (Å²) in [5, 5.41) is 3.32. The molecular weight excluding hydrogens is 462 g/mol. The third-order valence-corrected chi connectivity index (χ3v) is 4.94. The summed E-state index contributed by atoms with van der Waals surface area (Å²) >= 11 is 0. The highest BCUT2D eigenvalue weighted by Gasteiger charge is 2.32. The highest BCUT2D eigenvalue weighted by Crippen LogP contribution is 2.30. The number of hydrogen-bond donors (Lipinski definition) is 1. The molecule has 1 fully saturated rings. The Balaban J connectivity index is 0.000000241. The van der Waals surface area contributed by atoms with Crippen molar-refractivity contribution in [2.75, 3.05) is 37.7 Å². The molecule has 5 nitrogen and oxygen atoms in total. The number of pyridine rings is 1. The van der Waals surface area contributed by atoms with E-state index in [1.165, 1.54) is 24.3 Å². The molecule has 9 heteroatoms. The van der Waals surface area contributed by atoms with Gasteiger partial charge in [-0.25, -0.2) is 9.37 Å². The number of benzene rings is 2. The van der Waals surface area contributed by atoms with Crippen molar-refractivity contribution in [2.24, 2.45) is 0 Å². The van der Waals surface area contributed by atoms with Crippen LogP contribution < -0.4 is 15.0 Å². The van der Waals surface area contributed by atoms with Crippen LogP contribution >= 0.6 is 0 Å². The van der Waals surface area contributed by atoms with Crippen molar-refractivity contribution in [3.05, 3.63) is 89.4 Å². The molecule has 3 aromatic rings. The van der Waals surface area contributed by atoms with Gasteiger partial charge >= 0.3 is 6.18 Å². The van der Waals surface area contributed by atoms with Gasteiger partial charge < -0.3 is 15.0 Å². The Morgan fingerprint density at radius 3 is 2.34 bits per heavy atom. The van der Waals surface area contributed by atoms with Crippen molar-refractivity contribution in [3.8, 4) is 17.6 Å². The van der Waals surface area contributed by atoms with Gasteiger partial charge in [0.25, 0.3) is 0 Å². The Labute approximate surface area is 200 Å². The van der Waals surface area contributed by atoms with Crippen molar-refractivity contribution >= 4 is 12.1 Å². The number of rotatable bonds is 4. The van der Waals surface area contributed by atoms with Gasteiger partial charge in [-0.15, -0.1) is 0 Å². The van der Waals surface area contributed by atoms with Crippen LogP contribution in [0.1, 0.15) is 21.5 Å². The van der Waals surface area contributed by atoms with Crippen LogP contribution in [0.2, 0.25) is 0 Å². The monoisotopic (exact) mass is 485 g/mol. The van der Waals surface area contributed by atoms with Gasteiger partial charge in [-0.3, -0.25) is 4.79 Å². The van der Waals surface area contributed by atoms with Crippen LogP contribution in [0.25, 0.3) is 0 Å². The smallest absolute Gasteiger partial charge is 0.417 e. The lowest BCUT2D eigenvalue weighted by atomic mass is 10.1. The molecule has 2 heterocycles. The molecule has 0 unspecified atom stereocenters. The van der Waals surface area contributed by atoms with Crippen LogP contribution in [-0.4, -0.2) is 44.1 Å². The van der Waals surface area contributed by atoms with Gasteiger partial charge in [0.05, 0.1) is 5.56 Å². The first-order valence-corrected chi connectivity index (χ1v) is 10.8. The lowest BCUT2D eigenvalue weighted by molar-refractivity contribution is -0.137. The predicted molar refractivity (Wildman–Crippen MR) is 125 cm³/mol. The summed E-state index contributed by atoms with van der Waals surface area (Å²) < 4.78 is 54.4. The first kappa shape index (κ1) is 25.7. The van der Waals surface area contributed by atoms with Crippen LogP contribution in [-0.2, 0) is 6.18 Å². The maximum absolute atomic E-state index is 12.8. The third kappa shape index (κ3) is 8.12. The van der Waals surface area contributed by atoms with Crippen molar-refractivity contribution in [1.29, 1.82) is 0 Å². The Bertz CT molecular complexity index is 1150. The molecule has 0 spiro atoms. The number of hydrogen-bond acceptors (Lipinski definition) is 5. The third-order valence-electron chi connectivity index (χ3n) is 4.94. The van der Waals surface area contributed by atoms with Gasteiger partial charge in [-0.05, 0) is 42.5 Å². The van der Waals surface area contributed by atoms with E-state index in [0.29, 0.717) is 5.75 Å². The molecule has 35 heavy (non-hydrogen) atoms. The fourth-order valence-corrected chi connectivity index (χ4v) is 3.19. The maximum Gasteiger partial charge on any atom is 0.417 e. The van der Waals surface area contributed by atoms with Crippen molar-refractivity contribution in [1.82, 2.24) is 10.3 Å². The first-order chi connectivity index (χ1) is 16.9. The van der Waals surface area contributed by atoms with Gasteiger partial charge in [0, 0.05) is 43.5 Å². The summed E-state index contributed by atoms with van der Waals surface area (Å²) in [6, 6.07) is 14.5. The van der Waals surface area contributed by atoms with Crippen LogP contribution in [0, 0.1) is 17.7 Å². The molecule has 2 aromatic carbocycles. The molecule has 0 aliphatic carbocycles. The van der Waals surface area contributed by atoms with Gasteiger partial charge in [0.2, 0.25) is 0 Å². The first-order valence-electron chi connectivity index (χ1n) is 10.8. The Morgan fingerprint density at radius 1 is 1.03 bits per heavy atom. The molecular formula is C26H23F4N3O2. The van der Waals surface area contributed by atoms with Crippen molar-refractivity contribution < 1.29 is 27.1 Å². The number of carbonyl (C=O) groups is 1. The van der Waals surface area contributed by atoms with E-state index >= 15 is 0 Å². The minimum Gasteiger partial charge on any atom is -0.481 e. The lowest BCUT2D eigenvalue weighted by Gasteiger charge is -2.28. The number of nitrogens with one attached hydrogen (secondary N) is 1. The fourth-order valence-electron chi connectivity index (χ4n) is 3.19. The number of piperazine rings is 1. The van der Waals surface area contributed by atoms with Crippen LogP contribution in [0.3, 0.4) is 0 Å². The van der Waals surface area contributed by atoms with Crippen molar-refractivity contribution in [2.45, 2.75) is 6.18 Å². The summed E-state index contributed by atoms with van der Waals surface area (Å²) in [5.41, 5.74) is -0.364. The van der Waals surface area contributed by atoms with Crippen LogP contribution in [0.5, 0.6) is 5.75 Å². The number of carbonyl (C=O) groups excluding carboxylic acids is 1. The Morgan fingerprint density at radius 2 is 1.74 bits per heavy atom. The summed E-state index contributed by atoms with van der Waals surface area (Å²) in [6.07, 6.45) is -2.47. The zero-order valence-electron chi connectivity index (χ0n) is 18.7. The van der Waals surface area contributed by atoms with E-state index in [1.807, 2.05) is 12.1 Å².